The van der Waals surface area contributed by atoms with Crippen LogP contribution in [0.5, 0.6) is 0 Å². The fraction of sp³-hybridized carbons (Fsp3) is 0.444. The minimum Gasteiger partial charge on any atom is -0.618 e. The van der Waals surface area contributed by atoms with Crippen molar-refractivity contribution in [2.24, 2.45) is 5.92 Å². The Bertz CT molecular complexity index is 735. The van der Waals surface area contributed by atoms with Crippen LogP contribution in [0.2, 0.25) is 0 Å². The number of furan rings is 1. The molecule has 5 heteroatoms. The molecule has 0 N–H and O–H groups in total. The second kappa shape index (κ2) is 5.41. The summed E-state index contributed by atoms with van der Waals surface area (Å²) in [7, 11) is 0. The predicted molar refractivity (Wildman–Crippen MR) is 83.5 cm³/mol. The summed E-state index contributed by atoms with van der Waals surface area (Å²) in [5, 5.41) is 11.8. The summed E-state index contributed by atoms with van der Waals surface area (Å²) in [4.78, 5) is 14.5. The van der Waals surface area contributed by atoms with Gasteiger partial charge in [-0.2, -0.15) is 4.73 Å². The SMILES string of the molecule is C[C@H]1C[C@@H]1c1ccc(CN(C(=O)c2cccc[n+]2[O-])C2CC2)o1. The van der Waals surface area contributed by atoms with Crippen molar-refractivity contribution < 1.29 is 13.9 Å². The van der Waals surface area contributed by atoms with Gasteiger partial charge in [-0.3, -0.25) is 4.79 Å². The Kier molecular flexibility index (Phi) is 3.36. The maximum Gasteiger partial charge on any atom is 0.320 e. The highest BCUT2D eigenvalue weighted by atomic mass is 16.5. The van der Waals surface area contributed by atoms with Crippen LogP contribution >= 0.6 is 0 Å². The fourth-order valence-corrected chi connectivity index (χ4v) is 3.06. The molecule has 4 rings (SSSR count). The Hall–Kier alpha value is -2.30. The topological polar surface area (TPSA) is 60.4 Å². The summed E-state index contributed by atoms with van der Waals surface area (Å²) in [6.45, 7) is 2.65. The van der Waals surface area contributed by atoms with E-state index in [0.717, 1.165) is 24.4 Å². The minimum absolute atomic E-state index is 0.169. The van der Waals surface area contributed by atoms with Crippen molar-refractivity contribution >= 4 is 5.91 Å². The summed E-state index contributed by atoms with van der Waals surface area (Å²) in [6, 6.07) is 9.11. The number of hydrogen-bond acceptors (Lipinski definition) is 3. The molecule has 0 bridgehead atoms. The van der Waals surface area contributed by atoms with Crippen LogP contribution in [0.15, 0.2) is 40.9 Å². The average molecular weight is 312 g/mol. The molecule has 120 valence electrons. The zero-order chi connectivity index (χ0) is 16.0. The van der Waals surface area contributed by atoms with Gasteiger partial charge in [-0.1, -0.05) is 6.92 Å². The third-order valence-electron chi connectivity index (χ3n) is 4.78. The third-order valence-corrected chi connectivity index (χ3v) is 4.78. The van der Waals surface area contributed by atoms with Gasteiger partial charge in [0, 0.05) is 24.1 Å². The van der Waals surface area contributed by atoms with Gasteiger partial charge in [0.25, 0.3) is 5.69 Å². The molecule has 2 aliphatic rings. The van der Waals surface area contributed by atoms with Gasteiger partial charge >= 0.3 is 5.91 Å². The first-order valence-electron chi connectivity index (χ1n) is 8.21. The number of amides is 1. The predicted octanol–water partition coefficient (Wildman–Crippen LogP) is 2.84. The second-order valence-electron chi connectivity index (χ2n) is 6.70. The molecule has 0 saturated heterocycles. The van der Waals surface area contributed by atoms with Crippen LogP contribution in [0.1, 0.15) is 54.1 Å². The molecule has 2 saturated carbocycles. The van der Waals surface area contributed by atoms with E-state index in [0.29, 0.717) is 23.1 Å². The van der Waals surface area contributed by atoms with E-state index in [1.54, 1.807) is 23.1 Å². The highest BCUT2D eigenvalue weighted by Crippen LogP contribution is 2.47. The van der Waals surface area contributed by atoms with Crippen molar-refractivity contribution in [1.82, 2.24) is 4.90 Å². The number of carbonyl (C=O) groups excluding carboxylic acids is 1. The van der Waals surface area contributed by atoms with Gasteiger partial charge < -0.3 is 14.5 Å². The van der Waals surface area contributed by atoms with Crippen LogP contribution in [0.3, 0.4) is 0 Å². The molecule has 2 aliphatic carbocycles. The molecule has 2 heterocycles. The fourth-order valence-electron chi connectivity index (χ4n) is 3.06. The monoisotopic (exact) mass is 312 g/mol. The van der Waals surface area contributed by atoms with Gasteiger partial charge in [0.2, 0.25) is 0 Å². The van der Waals surface area contributed by atoms with E-state index in [-0.39, 0.29) is 17.6 Å². The number of hydrogen-bond donors (Lipinski definition) is 0. The third kappa shape index (κ3) is 2.83. The molecule has 2 atom stereocenters. The Labute approximate surface area is 135 Å². The van der Waals surface area contributed by atoms with Gasteiger partial charge in [-0.15, -0.1) is 0 Å². The largest absolute Gasteiger partial charge is 0.618 e. The van der Waals surface area contributed by atoms with Gasteiger partial charge in [0.15, 0.2) is 6.20 Å². The molecular formula is C18H20N2O3. The zero-order valence-electron chi connectivity index (χ0n) is 13.1. The normalized spacial score (nSPS) is 22.8. The van der Waals surface area contributed by atoms with Crippen LogP contribution in [0, 0.1) is 11.1 Å². The molecular weight excluding hydrogens is 292 g/mol. The summed E-state index contributed by atoms with van der Waals surface area (Å²) in [5.74, 6) is 2.83. The first-order chi connectivity index (χ1) is 11.1. The number of pyridine rings is 1. The second-order valence-corrected chi connectivity index (χ2v) is 6.70. The lowest BCUT2D eigenvalue weighted by atomic mass is 10.2. The molecule has 0 aliphatic heterocycles. The maximum absolute atomic E-state index is 12.7. The Morgan fingerprint density at radius 1 is 1.35 bits per heavy atom. The van der Waals surface area contributed by atoms with Crippen molar-refractivity contribution in [3.05, 3.63) is 59.0 Å². The van der Waals surface area contributed by atoms with Gasteiger partial charge in [-0.25, -0.2) is 0 Å². The summed E-state index contributed by atoms with van der Waals surface area (Å²) >= 11 is 0. The van der Waals surface area contributed by atoms with Crippen LogP contribution in [0.4, 0.5) is 0 Å². The van der Waals surface area contributed by atoms with Gasteiger partial charge in [0.05, 0.1) is 6.54 Å². The number of aromatic nitrogens is 1. The van der Waals surface area contributed by atoms with E-state index in [9.17, 15) is 10.0 Å². The quantitative estimate of drug-likeness (QED) is 0.630. The lowest BCUT2D eigenvalue weighted by molar-refractivity contribution is -0.608. The first-order valence-corrected chi connectivity index (χ1v) is 8.21. The smallest absolute Gasteiger partial charge is 0.320 e. The molecule has 2 fully saturated rings. The average Bonchev–Trinajstić information content (AvgIpc) is 3.46. The summed E-state index contributed by atoms with van der Waals surface area (Å²) in [6.07, 6.45) is 4.52. The lowest BCUT2D eigenvalue weighted by Crippen LogP contribution is -2.42. The standard InChI is InChI=1S/C18H20N2O3/c1-12-10-15(12)17-8-7-14(23-17)11-19(13-5-6-13)18(21)16-4-2-3-9-20(16)22/h2-4,7-9,12-13,15H,5-6,10-11H2,1H3/t12-,15-/m0/s1. The van der Waals surface area contributed by atoms with E-state index in [1.165, 1.54) is 12.6 Å². The highest BCUT2D eigenvalue weighted by molar-refractivity contribution is 5.91. The Balaban J connectivity index is 1.53. The highest BCUT2D eigenvalue weighted by Gasteiger charge is 2.38. The molecule has 0 radical (unpaired) electrons. The molecule has 0 spiro atoms. The summed E-state index contributed by atoms with van der Waals surface area (Å²) in [5.41, 5.74) is 0.169. The molecule has 2 aromatic heterocycles. The van der Waals surface area contributed by atoms with Crippen molar-refractivity contribution in [3.63, 3.8) is 0 Å². The van der Waals surface area contributed by atoms with Crippen molar-refractivity contribution in [3.8, 4) is 0 Å². The number of rotatable bonds is 5. The van der Waals surface area contributed by atoms with Crippen LogP contribution in [-0.2, 0) is 6.54 Å². The van der Waals surface area contributed by atoms with Crippen molar-refractivity contribution in [2.45, 2.75) is 44.7 Å². The lowest BCUT2D eigenvalue weighted by Gasteiger charge is -2.20. The van der Waals surface area contributed by atoms with Crippen molar-refractivity contribution in [1.29, 1.82) is 0 Å². The van der Waals surface area contributed by atoms with Gasteiger partial charge in [0.1, 0.15) is 11.5 Å². The zero-order valence-corrected chi connectivity index (χ0v) is 13.1. The van der Waals surface area contributed by atoms with Crippen LogP contribution in [-0.4, -0.2) is 16.8 Å². The minimum atomic E-state index is -0.221. The van der Waals surface area contributed by atoms with E-state index in [2.05, 4.69) is 6.92 Å². The van der Waals surface area contributed by atoms with E-state index < -0.39 is 0 Å². The Morgan fingerprint density at radius 3 is 2.78 bits per heavy atom. The molecule has 5 nitrogen and oxygen atoms in total. The van der Waals surface area contributed by atoms with Crippen LogP contribution < -0.4 is 4.73 Å². The van der Waals surface area contributed by atoms with E-state index in [4.69, 9.17) is 4.42 Å². The molecule has 0 aromatic carbocycles. The summed E-state index contributed by atoms with van der Waals surface area (Å²) < 4.78 is 6.56. The maximum atomic E-state index is 12.7. The van der Waals surface area contributed by atoms with Crippen LogP contribution in [0.25, 0.3) is 0 Å². The molecule has 2 aromatic rings. The van der Waals surface area contributed by atoms with E-state index >= 15 is 0 Å². The Morgan fingerprint density at radius 2 is 2.13 bits per heavy atom. The molecule has 0 unspecified atom stereocenters. The van der Waals surface area contributed by atoms with Crippen molar-refractivity contribution in [2.75, 3.05) is 0 Å². The van der Waals surface area contributed by atoms with E-state index in [1.807, 2.05) is 12.1 Å². The molecule has 1 amide bonds. The molecule has 23 heavy (non-hydrogen) atoms. The number of nitrogens with zero attached hydrogens (tertiary/aromatic N) is 2. The first kappa shape index (κ1) is 14.3. The number of carbonyl (C=O) groups is 1. The van der Waals surface area contributed by atoms with Gasteiger partial charge in [-0.05, 0) is 43.4 Å².